The molecule has 1 aromatic heterocycles. The van der Waals surface area contributed by atoms with Gasteiger partial charge in [-0.15, -0.1) is 0 Å². The Kier molecular flexibility index (Phi) is 5.44. The Morgan fingerprint density at radius 2 is 1.63 bits per heavy atom. The van der Waals surface area contributed by atoms with Gasteiger partial charge in [0, 0.05) is 5.56 Å². The number of Topliss-reactive ketones (excluding diaryl/α,β-unsaturated/α-hetero) is 1. The molecule has 0 saturated carbocycles. The monoisotopic (exact) mass is 473 g/mol. The van der Waals surface area contributed by atoms with Crippen LogP contribution in [0.4, 0.5) is 10.3 Å². The summed E-state index contributed by atoms with van der Waals surface area (Å²) in [6, 6.07) is 16.3. The number of nitrogens with zero attached hydrogens (tertiary/aromatic N) is 2. The number of aromatic amines is 1. The third kappa shape index (κ3) is 3.48. The predicted octanol–water partition coefficient (Wildman–Crippen LogP) is 4.35. The largest absolute Gasteiger partial charge is 0.506 e. The summed E-state index contributed by atoms with van der Waals surface area (Å²) in [6.45, 7) is 0. The Hall–Kier alpha value is -4.66. The molecule has 3 aromatic carbocycles. The van der Waals surface area contributed by atoms with Crippen LogP contribution in [0, 0.1) is 5.82 Å². The average molecular weight is 473 g/mol. The number of ketones is 1. The van der Waals surface area contributed by atoms with Gasteiger partial charge in [-0.1, -0.05) is 36.4 Å². The first-order valence-electron chi connectivity index (χ1n) is 10.7. The molecule has 1 saturated heterocycles. The van der Waals surface area contributed by atoms with E-state index >= 15 is 4.39 Å². The van der Waals surface area contributed by atoms with Crippen LogP contribution in [0.15, 0.2) is 72.3 Å². The standard InChI is InChI=1S/C26H20FN3O5/c1-34-18-12-7-13-19(35-2)20(18)23(31)21-22(14-8-3-4-9-15(14)27)30(25(33)24(21)32)26-28-16-10-5-6-11-17(16)29-26/h3-13,22,31H,1-2H3,(H,28,29)/b23-21+. The van der Waals surface area contributed by atoms with Crippen molar-refractivity contribution in [1.82, 2.24) is 9.97 Å². The molecule has 0 aliphatic carbocycles. The van der Waals surface area contributed by atoms with E-state index < -0.39 is 29.3 Å². The number of aliphatic hydroxyl groups excluding tert-OH is 1. The zero-order chi connectivity index (χ0) is 24.7. The molecular formula is C26H20FN3O5. The lowest BCUT2D eigenvalue weighted by molar-refractivity contribution is -0.132. The molecule has 4 aromatic rings. The summed E-state index contributed by atoms with van der Waals surface area (Å²) >= 11 is 0. The van der Waals surface area contributed by atoms with Gasteiger partial charge in [-0.2, -0.15) is 0 Å². The zero-order valence-electron chi connectivity index (χ0n) is 18.8. The molecule has 1 amide bonds. The van der Waals surface area contributed by atoms with E-state index in [0.717, 1.165) is 4.90 Å². The van der Waals surface area contributed by atoms with Gasteiger partial charge in [-0.3, -0.25) is 14.5 Å². The van der Waals surface area contributed by atoms with Crippen molar-refractivity contribution in [2.75, 3.05) is 19.1 Å². The summed E-state index contributed by atoms with van der Waals surface area (Å²) in [5.41, 5.74) is 0.957. The van der Waals surface area contributed by atoms with Crippen molar-refractivity contribution in [3.63, 3.8) is 0 Å². The SMILES string of the molecule is COc1cccc(OC)c1/C(O)=C1\C(=O)C(=O)N(c2nc3ccccc3[nH]2)C1c1ccccc1F. The number of fused-ring (bicyclic) bond motifs is 1. The minimum absolute atomic E-state index is 0.0163. The number of rotatable bonds is 5. The third-order valence-electron chi connectivity index (χ3n) is 5.91. The predicted molar refractivity (Wildman–Crippen MR) is 127 cm³/mol. The molecular weight excluding hydrogens is 453 g/mol. The lowest BCUT2D eigenvalue weighted by Crippen LogP contribution is -2.30. The first kappa shape index (κ1) is 22.1. The van der Waals surface area contributed by atoms with Gasteiger partial charge in [0.2, 0.25) is 5.95 Å². The highest BCUT2D eigenvalue weighted by Crippen LogP contribution is 2.45. The summed E-state index contributed by atoms with van der Waals surface area (Å²) in [7, 11) is 2.79. The minimum Gasteiger partial charge on any atom is -0.506 e. The van der Waals surface area contributed by atoms with Crippen LogP contribution < -0.4 is 14.4 Å². The van der Waals surface area contributed by atoms with Crippen LogP contribution in [0.3, 0.4) is 0 Å². The second kappa shape index (κ2) is 8.60. The number of benzene rings is 3. The Bertz CT molecular complexity index is 1450. The van der Waals surface area contributed by atoms with E-state index in [2.05, 4.69) is 9.97 Å². The number of carbonyl (C=O) groups is 2. The normalized spacial score (nSPS) is 17.2. The number of imidazole rings is 1. The molecule has 9 heteroatoms. The highest BCUT2D eigenvalue weighted by molar-refractivity contribution is 6.51. The molecule has 1 aliphatic heterocycles. The van der Waals surface area contributed by atoms with Crippen molar-refractivity contribution in [3.05, 3.63) is 89.2 Å². The Balaban J connectivity index is 1.80. The van der Waals surface area contributed by atoms with Gasteiger partial charge in [-0.05, 0) is 30.3 Å². The van der Waals surface area contributed by atoms with E-state index in [1.54, 1.807) is 48.5 Å². The number of para-hydroxylation sites is 2. The van der Waals surface area contributed by atoms with Crippen LogP contribution in [0.1, 0.15) is 17.2 Å². The fourth-order valence-electron chi connectivity index (χ4n) is 4.31. The summed E-state index contributed by atoms with van der Waals surface area (Å²) in [4.78, 5) is 35.2. The van der Waals surface area contributed by atoms with E-state index in [1.165, 1.54) is 32.4 Å². The number of aromatic nitrogens is 2. The molecule has 0 bridgehead atoms. The molecule has 5 rings (SSSR count). The molecule has 1 atom stereocenters. The first-order chi connectivity index (χ1) is 17.0. The Labute approximate surface area is 199 Å². The van der Waals surface area contributed by atoms with Gasteiger partial charge in [0.25, 0.3) is 5.78 Å². The highest BCUT2D eigenvalue weighted by atomic mass is 19.1. The van der Waals surface area contributed by atoms with Crippen LogP contribution in [-0.2, 0) is 9.59 Å². The number of nitrogens with one attached hydrogen (secondary N) is 1. The van der Waals surface area contributed by atoms with Crippen LogP contribution in [0.5, 0.6) is 11.5 Å². The quantitative estimate of drug-likeness (QED) is 0.254. The smallest absolute Gasteiger partial charge is 0.302 e. The second-order valence-electron chi connectivity index (χ2n) is 7.81. The topological polar surface area (TPSA) is 105 Å². The maximum atomic E-state index is 15.1. The fourth-order valence-corrected chi connectivity index (χ4v) is 4.31. The van der Waals surface area contributed by atoms with Crippen molar-refractivity contribution >= 4 is 34.4 Å². The van der Waals surface area contributed by atoms with E-state index in [9.17, 15) is 14.7 Å². The van der Waals surface area contributed by atoms with Crippen LogP contribution in [0.25, 0.3) is 16.8 Å². The number of amides is 1. The lowest BCUT2D eigenvalue weighted by atomic mass is 9.94. The number of anilines is 1. The number of H-pyrrole nitrogens is 1. The highest BCUT2D eigenvalue weighted by Gasteiger charge is 2.49. The van der Waals surface area contributed by atoms with Gasteiger partial charge in [0.1, 0.15) is 34.7 Å². The van der Waals surface area contributed by atoms with E-state index in [-0.39, 0.29) is 34.1 Å². The molecule has 8 nitrogen and oxygen atoms in total. The molecule has 176 valence electrons. The number of halogens is 1. The Morgan fingerprint density at radius 3 is 2.29 bits per heavy atom. The van der Waals surface area contributed by atoms with Gasteiger partial charge < -0.3 is 19.6 Å². The minimum atomic E-state index is -1.30. The number of hydrogen-bond acceptors (Lipinski definition) is 6. The van der Waals surface area contributed by atoms with Crippen molar-refractivity contribution in [2.45, 2.75) is 6.04 Å². The molecule has 35 heavy (non-hydrogen) atoms. The van der Waals surface area contributed by atoms with Crippen molar-refractivity contribution in [3.8, 4) is 11.5 Å². The number of methoxy groups -OCH3 is 2. The lowest BCUT2D eigenvalue weighted by Gasteiger charge is -2.23. The molecule has 0 spiro atoms. The summed E-state index contributed by atoms with van der Waals surface area (Å²) < 4.78 is 25.8. The van der Waals surface area contributed by atoms with Crippen LogP contribution in [0.2, 0.25) is 0 Å². The second-order valence-corrected chi connectivity index (χ2v) is 7.81. The van der Waals surface area contributed by atoms with E-state index in [0.29, 0.717) is 11.0 Å². The molecule has 1 unspecified atom stereocenters. The van der Waals surface area contributed by atoms with Gasteiger partial charge in [-0.25, -0.2) is 9.37 Å². The average Bonchev–Trinajstić information content (AvgIpc) is 3.41. The summed E-state index contributed by atoms with van der Waals surface area (Å²) in [6.07, 6.45) is 0. The summed E-state index contributed by atoms with van der Waals surface area (Å²) in [5, 5.41) is 11.4. The van der Waals surface area contributed by atoms with Gasteiger partial charge in [0.15, 0.2) is 0 Å². The summed E-state index contributed by atoms with van der Waals surface area (Å²) in [5.74, 6) is -2.69. The van der Waals surface area contributed by atoms with Crippen molar-refractivity contribution < 1.29 is 28.6 Å². The van der Waals surface area contributed by atoms with Crippen LogP contribution in [-0.4, -0.2) is 41.0 Å². The Morgan fingerprint density at radius 1 is 0.971 bits per heavy atom. The third-order valence-corrected chi connectivity index (χ3v) is 5.91. The number of hydrogen-bond donors (Lipinski definition) is 2. The van der Waals surface area contributed by atoms with Crippen molar-refractivity contribution in [2.24, 2.45) is 0 Å². The molecule has 2 N–H and O–H groups in total. The first-order valence-corrected chi connectivity index (χ1v) is 10.7. The van der Waals surface area contributed by atoms with Gasteiger partial charge in [0.05, 0.1) is 30.8 Å². The number of carbonyl (C=O) groups excluding carboxylic acids is 2. The molecule has 2 heterocycles. The van der Waals surface area contributed by atoms with Gasteiger partial charge >= 0.3 is 5.91 Å². The maximum Gasteiger partial charge on any atom is 0.302 e. The van der Waals surface area contributed by atoms with Crippen molar-refractivity contribution in [1.29, 1.82) is 0 Å². The molecule has 1 aliphatic rings. The fraction of sp³-hybridized carbons (Fsp3) is 0.115. The maximum absolute atomic E-state index is 15.1. The number of aliphatic hydroxyl groups is 1. The molecule has 0 radical (unpaired) electrons. The molecule has 1 fully saturated rings. The van der Waals surface area contributed by atoms with E-state index in [4.69, 9.17) is 9.47 Å². The van der Waals surface area contributed by atoms with Crippen LogP contribution >= 0.6 is 0 Å². The zero-order valence-corrected chi connectivity index (χ0v) is 18.8. The number of ether oxygens (including phenoxy) is 2. The van der Waals surface area contributed by atoms with E-state index in [1.807, 2.05) is 0 Å².